The minimum atomic E-state index is 0.507. The number of hydrogen-bond acceptors (Lipinski definition) is 3. The third-order valence-electron chi connectivity index (χ3n) is 3.26. The lowest BCUT2D eigenvalue weighted by Gasteiger charge is -2.17. The van der Waals surface area contributed by atoms with Crippen LogP contribution < -0.4 is 5.32 Å². The van der Waals surface area contributed by atoms with Crippen LogP contribution in [0.4, 0.5) is 0 Å². The molecular formula is C15H22N4. The first-order valence-electron chi connectivity index (χ1n) is 6.87. The fourth-order valence-corrected chi connectivity index (χ4v) is 2.31. The first-order chi connectivity index (χ1) is 9.28. The van der Waals surface area contributed by atoms with Crippen molar-refractivity contribution >= 4 is 0 Å². The summed E-state index contributed by atoms with van der Waals surface area (Å²) in [5, 5.41) is 7.77. The third kappa shape index (κ3) is 4.48. The van der Waals surface area contributed by atoms with E-state index < -0.39 is 0 Å². The van der Waals surface area contributed by atoms with Crippen molar-refractivity contribution in [3.63, 3.8) is 0 Å². The van der Waals surface area contributed by atoms with Crippen LogP contribution in [0.15, 0.2) is 36.9 Å². The zero-order valence-electron chi connectivity index (χ0n) is 11.7. The van der Waals surface area contributed by atoms with Gasteiger partial charge in [0.1, 0.15) is 0 Å². The minimum Gasteiger partial charge on any atom is -0.314 e. The van der Waals surface area contributed by atoms with Gasteiger partial charge in [-0.05, 0) is 49.1 Å². The summed E-state index contributed by atoms with van der Waals surface area (Å²) in [4.78, 5) is 4.06. The Morgan fingerprint density at radius 2 is 2.05 bits per heavy atom. The topological polar surface area (TPSA) is 42.7 Å². The van der Waals surface area contributed by atoms with Crippen molar-refractivity contribution in [3.05, 3.63) is 48.0 Å². The maximum atomic E-state index is 4.21. The number of likely N-dealkylation sites (N-methyl/N-ethyl adjacent to an activating group) is 1. The second-order valence-corrected chi connectivity index (χ2v) is 4.88. The van der Waals surface area contributed by atoms with Crippen molar-refractivity contribution in [1.82, 2.24) is 20.1 Å². The molecule has 0 bridgehead atoms. The van der Waals surface area contributed by atoms with Crippen molar-refractivity contribution in [2.45, 2.75) is 32.2 Å². The highest BCUT2D eigenvalue weighted by Gasteiger charge is 2.09. The first kappa shape index (κ1) is 13.7. The fraction of sp³-hybridized carbons (Fsp3) is 0.467. The summed E-state index contributed by atoms with van der Waals surface area (Å²) >= 11 is 0. The Kier molecular flexibility index (Phi) is 5.10. The van der Waals surface area contributed by atoms with Gasteiger partial charge in [0.25, 0.3) is 0 Å². The second-order valence-electron chi connectivity index (χ2n) is 4.88. The molecule has 0 aliphatic heterocycles. The van der Waals surface area contributed by atoms with E-state index in [1.807, 2.05) is 30.3 Å². The van der Waals surface area contributed by atoms with Crippen LogP contribution in [0.25, 0.3) is 0 Å². The molecule has 4 nitrogen and oxygen atoms in total. The number of pyridine rings is 1. The van der Waals surface area contributed by atoms with Gasteiger partial charge in [-0.3, -0.25) is 9.67 Å². The van der Waals surface area contributed by atoms with E-state index in [9.17, 15) is 0 Å². The molecule has 0 aliphatic carbocycles. The van der Waals surface area contributed by atoms with Crippen LogP contribution in [0, 0.1) is 0 Å². The number of aryl methyl sites for hydroxylation is 2. The summed E-state index contributed by atoms with van der Waals surface area (Å²) in [5.74, 6) is 0. The first-order valence-corrected chi connectivity index (χ1v) is 6.87. The Labute approximate surface area is 114 Å². The fourth-order valence-electron chi connectivity index (χ4n) is 2.31. The van der Waals surface area contributed by atoms with Crippen LogP contribution in [0.5, 0.6) is 0 Å². The molecular weight excluding hydrogens is 236 g/mol. The smallest absolute Gasteiger partial charge is 0.0521 e. The average molecular weight is 258 g/mol. The van der Waals surface area contributed by atoms with Crippen molar-refractivity contribution in [1.29, 1.82) is 0 Å². The van der Waals surface area contributed by atoms with Crippen molar-refractivity contribution in [2.75, 3.05) is 6.54 Å². The SMILES string of the molecule is CCNC(CCc1cnn(C)c1)Cc1ccncc1. The maximum Gasteiger partial charge on any atom is 0.0521 e. The van der Waals surface area contributed by atoms with E-state index in [1.54, 1.807) is 0 Å². The van der Waals surface area contributed by atoms with Crippen LogP contribution in [-0.2, 0) is 19.9 Å². The number of rotatable bonds is 7. The molecule has 2 rings (SSSR count). The Morgan fingerprint density at radius 1 is 1.26 bits per heavy atom. The van der Waals surface area contributed by atoms with Crippen LogP contribution >= 0.6 is 0 Å². The predicted octanol–water partition coefficient (Wildman–Crippen LogP) is 1.97. The quantitative estimate of drug-likeness (QED) is 0.825. The van der Waals surface area contributed by atoms with Gasteiger partial charge in [0, 0.05) is 31.7 Å². The third-order valence-corrected chi connectivity index (χ3v) is 3.26. The van der Waals surface area contributed by atoms with Gasteiger partial charge in [-0.1, -0.05) is 6.92 Å². The van der Waals surface area contributed by atoms with E-state index in [0.717, 1.165) is 25.8 Å². The molecule has 0 saturated heterocycles. The number of nitrogens with one attached hydrogen (secondary N) is 1. The van der Waals surface area contributed by atoms with Crippen LogP contribution in [0.1, 0.15) is 24.5 Å². The van der Waals surface area contributed by atoms with E-state index >= 15 is 0 Å². The van der Waals surface area contributed by atoms with E-state index in [0.29, 0.717) is 6.04 Å². The largest absolute Gasteiger partial charge is 0.314 e. The van der Waals surface area contributed by atoms with Gasteiger partial charge in [0.15, 0.2) is 0 Å². The zero-order valence-corrected chi connectivity index (χ0v) is 11.7. The number of aromatic nitrogens is 3. The Balaban J connectivity index is 1.89. The normalized spacial score (nSPS) is 12.5. The molecule has 2 heterocycles. The number of hydrogen-bond donors (Lipinski definition) is 1. The molecule has 0 aromatic carbocycles. The molecule has 1 atom stereocenters. The lowest BCUT2D eigenvalue weighted by molar-refractivity contribution is 0.491. The minimum absolute atomic E-state index is 0.507. The molecule has 0 aliphatic rings. The Morgan fingerprint density at radius 3 is 2.68 bits per heavy atom. The summed E-state index contributed by atoms with van der Waals surface area (Å²) in [5.41, 5.74) is 2.65. The van der Waals surface area contributed by atoms with Crippen molar-refractivity contribution < 1.29 is 0 Å². The summed E-state index contributed by atoms with van der Waals surface area (Å²) in [6.07, 6.45) is 11.0. The molecule has 0 saturated carbocycles. The molecule has 19 heavy (non-hydrogen) atoms. The van der Waals surface area contributed by atoms with Gasteiger partial charge >= 0.3 is 0 Å². The molecule has 102 valence electrons. The van der Waals surface area contributed by atoms with Crippen LogP contribution in [0.2, 0.25) is 0 Å². The standard InChI is InChI=1S/C15H22N4/c1-3-17-15(10-13-6-8-16-9-7-13)5-4-14-11-18-19(2)12-14/h6-9,11-12,15,17H,3-5,10H2,1-2H3. The average Bonchev–Trinajstić information content (AvgIpc) is 2.83. The van der Waals surface area contributed by atoms with Gasteiger partial charge in [0.2, 0.25) is 0 Å². The molecule has 2 aromatic rings. The highest BCUT2D eigenvalue weighted by atomic mass is 15.2. The molecule has 0 amide bonds. The molecule has 0 fully saturated rings. The molecule has 4 heteroatoms. The van der Waals surface area contributed by atoms with E-state index in [1.165, 1.54) is 11.1 Å². The zero-order chi connectivity index (χ0) is 13.5. The second kappa shape index (κ2) is 7.04. The molecule has 0 radical (unpaired) electrons. The van der Waals surface area contributed by atoms with Crippen molar-refractivity contribution in [3.8, 4) is 0 Å². The van der Waals surface area contributed by atoms with E-state index in [2.05, 4.69) is 40.7 Å². The van der Waals surface area contributed by atoms with E-state index in [4.69, 9.17) is 0 Å². The van der Waals surface area contributed by atoms with Gasteiger partial charge in [-0.15, -0.1) is 0 Å². The van der Waals surface area contributed by atoms with Gasteiger partial charge in [0.05, 0.1) is 6.20 Å². The van der Waals surface area contributed by atoms with Gasteiger partial charge < -0.3 is 5.32 Å². The lowest BCUT2D eigenvalue weighted by Crippen LogP contribution is -2.31. The summed E-state index contributed by atoms with van der Waals surface area (Å²) in [6, 6.07) is 4.69. The number of nitrogens with zero attached hydrogens (tertiary/aromatic N) is 3. The molecule has 2 aromatic heterocycles. The van der Waals surface area contributed by atoms with E-state index in [-0.39, 0.29) is 0 Å². The highest BCUT2D eigenvalue weighted by molar-refractivity contribution is 5.12. The van der Waals surface area contributed by atoms with Gasteiger partial charge in [-0.2, -0.15) is 5.10 Å². The summed E-state index contributed by atoms with van der Waals surface area (Å²) < 4.78 is 1.86. The monoisotopic (exact) mass is 258 g/mol. The maximum absolute atomic E-state index is 4.21. The van der Waals surface area contributed by atoms with Crippen LogP contribution in [0.3, 0.4) is 0 Å². The summed E-state index contributed by atoms with van der Waals surface area (Å²) in [7, 11) is 1.96. The molecule has 1 N–H and O–H groups in total. The highest BCUT2D eigenvalue weighted by Crippen LogP contribution is 2.09. The van der Waals surface area contributed by atoms with Gasteiger partial charge in [-0.25, -0.2) is 0 Å². The predicted molar refractivity (Wildman–Crippen MR) is 76.9 cm³/mol. The van der Waals surface area contributed by atoms with Crippen molar-refractivity contribution in [2.24, 2.45) is 7.05 Å². The Bertz CT molecular complexity index is 478. The molecule has 1 unspecified atom stereocenters. The Hall–Kier alpha value is -1.68. The van der Waals surface area contributed by atoms with Crippen LogP contribution in [-0.4, -0.2) is 27.4 Å². The summed E-state index contributed by atoms with van der Waals surface area (Å²) in [6.45, 7) is 3.16. The molecule has 0 spiro atoms. The lowest BCUT2D eigenvalue weighted by atomic mass is 10.0.